The number of aromatic hydroxyl groups is 1. The Morgan fingerprint density at radius 2 is 1.68 bits per heavy atom. The van der Waals surface area contributed by atoms with E-state index < -0.39 is 0 Å². The topological polar surface area (TPSA) is 61.4 Å². The lowest BCUT2D eigenvalue weighted by molar-refractivity contribution is 0.262. The van der Waals surface area contributed by atoms with E-state index in [1.54, 1.807) is 19.1 Å². The van der Waals surface area contributed by atoms with Crippen LogP contribution >= 0.6 is 0 Å². The van der Waals surface area contributed by atoms with E-state index in [2.05, 4.69) is 10.6 Å². The number of phenols is 1. The standard InChI is InChI=1S/C15H16N2O2/c1-10-9-14(18)11(2)8-13(10)17-15(19)16-12-6-4-3-5-7-12/h3-9,18H,1-2H3,(H2,16,17,19). The minimum absolute atomic E-state index is 0.228. The molecule has 0 bridgehead atoms. The average Bonchev–Trinajstić information content (AvgIpc) is 2.37. The van der Waals surface area contributed by atoms with E-state index >= 15 is 0 Å². The summed E-state index contributed by atoms with van der Waals surface area (Å²) < 4.78 is 0. The lowest BCUT2D eigenvalue weighted by Gasteiger charge is -2.11. The van der Waals surface area contributed by atoms with Crippen LogP contribution < -0.4 is 10.6 Å². The van der Waals surface area contributed by atoms with Crippen molar-refractivity contribution < 1.29 is 9.90 Å². The largest absolute Gasteiger partial charge is 0.508 e. The molecule has 4 nitrogen and oxygen atoms in total. The summed E-state index contributed by atoms with van der Waals surface area (Å²) in [6.45, 7) is 3.62. The molecule has 2 rings (SSSR count). The van der Waals surface area contributed by atoms with Gasteiger partial charge in [-0.25, -0.2) is 4.79 Å². The quantitative estimate of drug-likeness (QED) is 0.718. The molecule has 0 unspecified atom stereocenters. The van der Waals surface area contributed by atoms with Crippen LogP contribution in [-0.4, -0.2) is 11.1 Å². The number of hydrogen-bond donors (Lipinski definition) is 3. The van der Waals surface area contributed by atoms with Gasteiger partial charge in [-0.15, -0.1) is 0 Å². The van der Waals surface area contributed by atoms with Gasteiger partial charge in [-0.2, -0.15) is 0 Å². The summed E-state index contributed by atoms with van der Waals surface area (Å²) in [5, 5.41) is 15.1. The predicted octanol–water partition coefficient (Wildman–Crippen LogP) is 3.65. The molecule has 98 valence electrons. The van der Waals surface area contributed by atoms with Crippen LogP contribution in [0.15, 0.2) is 42.5 Å². The number of phenolic OH excluding ortho intramolecular Hbond substituents is 1. The number of aryl methyl sites for hydroxylation is 2. The third-order valence-corrected chi connectivity index (χ3v) is 2.82. The number of anilines is 2. The maximum Gasteiger partial charge on any atom is 0.323 e. The van der Waals surface area contributed by atoms with Crippen molar-refractivity contribution in [1.29, 1.82) is 0 Å². The van der Waals surface area contributed by atoms with E-state index in [0.717, 1.165) is 16.8 Å². The van der Waals surface area contributed by atoms with E-state index in [9.17, 15) is 9.90 Å². The second-order valence-corrected chi connectivity index (χ2v) is 4.40. The van der Waals surface area contributed by atoms with Crippen molar-refractivity contribution >= 4 is 17.4 Å². The lowest BCUT2D eigenvalue weighted by atomic mass is 10.1. The van der Waals surface area contributed by atoms with Gasteiger partial charge in [0.05, 0.1) is 0 Å². The molecule has 3 N–H and O–H groups in total. The maximum atomic E-state index is 11.8. The van der Waals surface area contributed by atoms with Crippen LogP contribution in [0.2, 0.25) is 0 Å². The Kier molecular flexibility index (Phi) is 3.71. The summed E-state index contributed by atoms with van der Waals surface area (Å²) in [5.74, 6) is 0.228. The molecule has 0 aliphatic heterocycles. The Morgan fingerprint density at radius 3 is 2.37 bits per heavy atom. The van der Waals surface area contributed by atoms with E-state index in [1.807, 2.05) is 37.3 Å². The number of carbonyl (C=O) groups is 1. The van der Waals surface area contributed by atoms with E-state index in [0.29, 0.717) is 5.69 Å². The van der Waals surface area contributed by atoms with Gasteiger partial charge in [-0.1, -0.05) is 18.2 Å². The van der Waals surface area contributed by atoms with Gasteiger partial charge >= 0.3 is 6.03 Å². The van der Waals surface area contributed by atoms with Gasteiger partial charge in [0, 0.05) is 11.4 Å². The highest BCUT2D eigenvalue weighted by Crippen LogP contribution is 2.25. The Hall–Kier alpha value is -2.49. The number of rotatable bonds is 2. The van der Waals surface area contributed by atoms with Crippen molar-refractivity contribution in [3.63, 3.8) is 0 Å². The summed E-state index contributed by atoms with van der Waals surface area (Å²) >= 11 is 0. The molecule has 0 saturated carbocycles. The molecule has 2 aromatic rings. The zero-order chi connectivity index (χ0) is 13.8. The molecule has 0 aliphatic carbocycles. The molecule has 19 heavy (non-hydrogen) atoms. The van der Waals surface area contributed by atoms with Crippen LogP contribution in [0.5, 0.6) is 5.75 Å². The van der Waals surface area contributed by atoms with Gasteiger partial charge in [0.2, 0.25) is 0 Å². The van der Waals surface area contributed by atoms with Gasteiger partial charge in [-0.05, 0) is 49.2 Å². The normalized spacial score (nSPS) is 10.0. The number of hydrogen-bond acceptors (Lipinski definition) is 2. The summed E-state index contributed by atoms with van der Waals surface area (Å²) in [4.78, 5) is 11.8. The van der Waals surface area contributed by atoms with Gasteiger partial charge < -0.3 is 15.7 Å². The highest BCUT2D eigenvalue weighted by atomic mass is 16.3. The summed E-state index contributed by atoms with van der Waals surface area (Å²) in [5.41, 5.74) is 2.95. The SMILES string of the molecule is Cc1cc(NC(=O)Nc2ccccc2)c(C)cc1O. The minimum atomic E-state index is -0.306. The molecule has 2 aromatic carbocycles. The smallest absolute Gasteiger partial charge is 0.323 e. The number of urea groups is 1. The Balaban J connectivity index is 2.09. The molecular weight excluding hydrogens is 240 g/mol. The predicted molar refractivity (Wildman–Crippen MR) is 76.7 cm³/mol. The van der Waals surface area contributed by atoms with E-state index in [-0.39, 0.29) is 11.8 Å². The van der Waals surface area contributed by atoms with Crippen LogP contribution in [0.1, 0.15) is 11.1 Å². The highest BCUT2D eigenvalue weighted by Gasteiger charge is 2.07. The molecule has 0 saturated heterocycles. The van der Waals surface area contributed by atoms with Crippen molar-refractivity contribution in [2.45, 2.75) is 13.8 Å². The molecule has 2 amide bonds. The van der Waals surface area contributed by atoms with Gasteiger partial charge in [0.15, 0.2) is 0 Å². The first-order valence-corrected chi connectivity index (χ1v) is 5.99. The number of para-hydroxylation sites is 1. The summed E-state index contributed by atoms with van der Waals surface area (Å²) in [6.07, 6.45) is 0. The number of nitrogens with one attached hydrogen (secondary N) is 2. The molecule has 0 heterocycles. The van der Waals surface area contributed by atoms with Crippen molar-refractivity contribution in [2.24, 2.45) is 0 Å². The fraction of sp³-hybridized carbons (Fsp3) is 0.133. The second-order valence-electron chi connectivity index (χ2n) is 4.40. The summed E-state index contributed by atoms with van der Waals surface area (Å²) in [6, 6.07) is 12.3. The minimum Gasteiger partial charge on any atom is -0.508 e. The molecule has 0 radical (unpaired) electrons. The van der Waals surface area contributed by atoms with Crippen LogP contribution in [0.25, 0.3) is 0 Å². The summed E-state index contributed by atoms with van der Waals surface area (Å²) in [7, 11) is 0. The van der Waals surface area contributed by atoms with Gasteiger partial charge in [-0.3, -0.25) is 0 Å². The lowest BCUT2D eigenvalue weighted by Crippen LogP contribution is -2.19. The van der Waals surface area contributed by atoms with E-state index in [4.69, 9.17) is 0 Å². The van der Waals surface area contributed by atoms with Crippen molar-refractivity contribution in [3.8, 4) is 5.75 Å². The number of amides is 2. The molecule has 0 aliphatic rings. The van der Waals surface area contributed by atoms with Crippen LogP contribution in [0.4, 0.5) is 16.2 Å². The third kappa shape index (κ3) is 3.25. The zero-order valence-electron chi connectivity index (χ0n) is 10.9. The molecular formula is C15H16N2O2. The fourth-order valence-corrected chi connectivity index (χ4v) is 1.74. The maximum absolute atomic E-state index is 11.8. The Labute approximate surface area is 112 Å². The Morgan fingerprint density at radius 1 is 1.00 bits per heavy atom. The average molecular weight is 256 g/mol. The van der Waals surface area contributed by atoms with Gasteiger partial charge in [0.25, 0.3) is 0 Å². The molecule has 0 aromatic heterocycles. The monoisotopic (exact) mass is 256 g/mol. The number of carbonyl (C=O) groups excluding carboxylic acids is 1. The highest BCUT2D eigenvalue weighted by molar-refractivity contribution is 6.00. The Bertz CT molecular complexity index is 595. The van der Waals surface area contributed by atoms with Crippen molar-refractivity contribution in [1.82, 2.24) is 0 Å². The second kappa shape index (κ2) is 5.44. The first kappa shape index (κ1) is 13.0. The fourth-order valence-electron chi connectivity index (χ4n) is 1.74. The zero-order valence-corrected chi connectivity index (χ0v) is 10.9. The van der Waals surface area contributed by atoms with E-state index in [1.165, 1.54) is 0 Å². The van der Waals surface area contributed by atoms with Crippen LogP contribution in [0.3, 0.4) is 0 Å². The van der Waals surface area contributed by atoms with Crippen molar-refractivity contribution in [2.75, 3.05) is 10.6 Å². The number of benzene rings is 2. The van der Waals surface area contributed by atoms with Crippen molar-refractivity contribution in [3.05, 3.63) is 53.6 Å². The molecule has 0 spiro atoms. The molecule has 0 atom stereocenters. The van der Waals surface area contributed by atoms with Crippen LogP contribution in [0, 0.1) is 13.8 Å². The van der Waals surface area contributed by atoms with Crippen LogP contribution in [-0.2, 0) is 0 Å². The molecule has 0 fully saturated rings. The first-order chi connectivity index (χ1) is 9.06. The first-order valence-electron chi connectivity index (χ1n) is 5.99. The van der Waals surface area contributed by atoms with Gasteiger partial charge in [0.1, 0.15) is 5.75 Å². The molecule has 4 heteroatoms. The third-order valence-electron chi connectivity index (χ3n) is 2.82.